The van der Waals surface area contributed by atoms with Crippen molar-refractivity contribution in [2.24, 2.45) is 7.05 Å². The number of aromatic nitrogens is 2. The highest BCUT2D eigenvalue weighted by Gasteiger charge is 2.24. The molecular formula is C21H12N2O4. The van der Waals surface area contributed by atoms with Gasteiger partial charge in [0.15, 0.2) is 22.3 Å². The standard InChI is InChI=1S/C21H12N2O4/c1-23-20(24)15-14-10-6-2-3-7-11(10)22-17(14)19-18(16(15)21(23)25)26-12-8-4-5-9-13(12)27-19/h2-9,22H,1H3. The van der Waals surface area contributed by atoms with E-state index in [1.165, 1.54) is 7.05 Å². The summed E-state index contributed by atoms with van der Waals surface area (Å²) in [5, 5.41) is 2.16. The van der Waals surface area contributed by atoms with Crippen molar-refractivity contribution < 1.29 is 8.83 Å². The van der Waals surface area contributed by atoms with Crippen LogP contribution in [0.25, 0.3) is 54.9 Å². The molecule has 27 heavy (non-hydrogen) atoms. The Balaban J connectivity index is 2.09. The molecule has 130 valence electrons. The molecule has 0 spiro atoms. The van der Waals surface area contributed by atoms with Gasteiger partial charge in [0.2, 0.25) is 0 Å². The molecule has 0 atom stereocenters. The molecule has 0 aliphatic carbocycles. The van der Waals surface area contributed by atoms with Crippen LogP contribution in [0.4, 0.5) is 0 Å². The van der Waals surface area contributed by atoms with Crippen molar-refractivity contribution in [2.75, 3.05) is 0 Å². The largest absolute Gasteiger partial charge is 0.449 e. The Kier molecular flexibility index (Phi) is 2.49. The van der Waals surface area contributed by atoms with E-state index < -0.39 is 0 Å². The van der Waals surface area contributed by atoms with E-state index in [2.05, 4.69) is 4.98 Å². The quantitative estimate of drug-likeness (QED) is 0.417. The van der Waals surface area contributed by atoms with Gasteiger partial charge in [-0.05, 0) is 18.2 Å². The average Bonchev–Trinajstić information content (AvgIpc) is 3.18. The Hall–Kier alpha value is -3.80. The van der Waals surface area contributed by atoms with Crippen LogP contribution in [0.2, 0.25) is 0 Å². The van der Waals surface area contributed by atoms with E-state index in [0.717, 1.165) is 15.5 Å². The fraction of sp³-hybridized carbons (Fsp3) is 0.0476. The molecule has 0 radical (unpaired) electrons. The van der Waals surface area contributed by atoms with E-state index in [0.29, 0.717) is 33.0 Å². The van der Waals surface area contributed by atoms with Crippen LogP contribution in [0.5, 0.6) is 0 Å². The zero-order valence-electron chi connectivity index (χ0n) is 14.2. The maximum absolute atomic E-state index is 12.9. The molecule has 0 aliphatic heterocycles. The molecule has 3 aromatic heterocycles. The Morgan fingerprint density at radius 2 is 1.41 bits per heavy atom. The first-order valence-corrected chi connectivity index (χ1v) is 8.52. The molecule has 3 aromatic carbocycles. The van der Waals surface area contributed by atoms with E-state index >= 15 is 0 Å². The van der Waals surface area contributed by atoms with Crippen LogP contribution in [0, 0.1) is 0 Å². The fourth-order valence-corrected chi connectivity index (χ4v) is 3.92. The topological polar surface area (TPSA) is 81.1 Å². The minimum absolute atomic E-state index is 0.254. The summed E-state index contributed by atoms with van der Waals surface area (Å²) in [7, 11) is 1.48. The molecule has 6 nitrogen and oxygen atoms in total. The van der Waals surface area contributed by atoms with Crippen LogP contribution in [-0.2, 0) is 7.05 Å². The number of nitrogens with zero attached hydrogens (tertiary/aromatic N) is 1. The highest BCUT2D eigenvalue weighted by molar-refractivity contribution is 6.29. The lowest BCUT2D eigenvalue weighted by atomic mass is 10.1. The van der Waals surface area contributed by atoms with E-state index in [-0.39, 0.29) is 22.1 Å². The van der Waals surface area contributed by atoms with Gasteiger partial charge in [0.05, 0.1) is 10.9 Å². The van der Waals surface area contributed by atoms with Gasteiger partial charge in [-0.1, -0.05) is 30.3 Å². The number of fused-ring (bicyclic) bond motifs is 9. The van der Waals surface area contributed by atoms with Crippen LogP contribution in [0.3, 0.4) is 0 Å². The Bertz CT molecular complexity index is 1680. The molecule has 6 heteroatoms. The van der Waals surface area contributed by atoms with Crippen molar-refractivity contribution in [3.8, 4) is 0 Å². The highest BCUT2D eigenvalue weighted by atomic mass is 16.4. The second-order valence-corrected chi connectivity index (χ2v) is 6.65. The molecule has 0 aliphatic rings. The summed E-state index contributed by atoms with van der Waals surface area (Å²) in [6.45, 7) is 0. The number of nitrogens with one attached hydrogen (secondary N) is 1. The number of aromatic amines is 1. The summed E-state index contributed by atoms with van der Waals surface area (Å²) >= 11 is 0. The molecule has 6 rings (SSSR count). The minimum atomic E-state index is -0.388. The van der Waals surface area contributed by atoms with Gasteiger partial charge >= 0.3 is 0 Å². The van der Waals surface area contributed by atoms with E-state index in [1.807, 2.05) is 36.4 Å². The third kappa shape index (κ3) is 1.65. The van der Waals surface area contributed by atoms with Crippen LogP contribution in [0.1, 0.15) is 0 Å². The van der Waals surface area contributed by atoms with Gasteiger partial charge in [-0.15, -0.1) is 0 Å². The normalized spacial score (nSPS) is 12.2. The van der Waals surface area contributed by atoms with Crippen molar-refractivity contribution in [2.45, 2.75) is 0 Å². The monoisotopic (exact) mass is 356 g/mol. The number of hydrogen-bond donors (Lipinski definition) is 1. The summed E-state index contributed by atoms with van der Waals surface area (Å²) in [5.74, 6) is 0. The van der Waals surface area contributed by atoms with Crippen molar-refractivity contribution in [1.29, 1.82) is 0 Å². The highest BCUT2D eigenvalue weighted by Crippen LogP contribution is 2.38. The second-order valence-electron chi connectivity index (χ2n) is 6.65. The lowest BCUT2D eigenvalue weighted by Crippen LogP contribution is -2.21. The summed E-state index contributed by atoms with van der Waals surface area (Å²) in [5.41, 5.74) is 2.57. The fourth-order valence-electron chi connectivity index (χ4n) is 3.92. The van der Waals surface area contributed by atoms with Gasteiger partial charge in [-0.2, -0.15) is 0 Å². The van der Waals surface area contributed by atoms with Gasteiger partial charge < -0.3 is 13.8 Å². The third-order valence-corrected chi connectivity index (χ3v) is 5.18. The molecule has 3 heterocycles. The third-order valence-electron chi connectivity index (χ3n) is 5.18. The van der Waals surface area contributed by atoms with Gasteiger partial charge in [-0.3, -0.25) is 14.2 Å². The Morgan fingerprint density at radius 1 is 0.778 bits per heavy atom. The Labute approximate surface area is 150 Å². The Morgan fingerprint density at radius 3 is 2.19 bits per heavy atom. The van der Waals surface area contributed by atoms with E-state index in [4.69, 9.17) is 8.83 Å². The maximum atomic E-state index is 12.9. The SMILES string of the molecule is Cn1c(=O)c2c3oc4ccccc4oc3c3[nH]c4ccccc4c3c2c1=O. The molecule has 0 saturated heterocycles. The predicted molar refractivity (Wildman–Crippen MR) is 104 cm³/mol. The van der Waals surface area contributed by atoms with Crippen molar-refractivity contribution >= 4 is 54.9 Å². The predicted octanol–water partition coefficient (Wildman–Crippen LogP) is 4.03. The van der Waals surface area contributed by atoms with E-state index in [1.54, 1.807) is 12.1 Å². The summed E-state index contributed by atoms with van der Waals surface area (Å²) < 4.78 is 13.3. The molecule has 6 aromatic rings. The number of rotatable bonds is 0. The molecule has 0 unspecified atom stereocenters. The number of para-hydroxylation sites is 3. The molecule has 0 bridgehead atoms. The smallest absolute Gasteiger partial charge is 0.265 e. The van der Waals surface area contributed by atoms with Crippen molar-refractivity contribution in [3.05, 3.63) is 69.2 Å². The van der Waals surface area contributed by atoms with Crippen LogP contribution in [0.15, 0.2) is 67.0 Å². The van der Waals surface area contributed by atoms with Crippen LogP contribution in [-0.4, -0.2) is 9.55 Å². The van der Waals surface area contributed by atoms with Gasteiger partial charge in [0, 0.05) is 23.3 Å². The van der Waals surface area contributed by atoms with Crippen molar-refractivity contribution in [3.63, 3.8) is 0 Å². The van der Waals surface area contributed by atoms with Crippen molar-refractivity contribution in [1.82, 2.24) is 9.55 Å². The zero-order chi connectivity index (χ0) is 18.3. The zero-order valence-corrected chi connectivity index (χ0v) is 14.2. The number of hydrogen-bond acceptors (Lipinski definition) is 4. The lowest BCUT2D eigenvalue weighted by Gasteiger charge is -2.04. The molecule has 0 saturated carbocycles. The second kappa shape index (κ2) is 4.67. The van der Waals surface area contributed by atoms with Crippen LogP contribution >= 0.6 is 0 Å². The molecular weight excluding hydrogens is 344 g/mol. The molecule has 0 amide bonds. The van der Waals surface area contributed by atoms with Gasteiger partial charge in [0.25, 0.3) is 11.1 Å². The van der Waals surface area contributed by atoms with Gasteiger partial charge in [0.1, 0.15) is 5.39 Å². The minimum Gasteiger partial charge on any atom is -0.449 e. The first-order chi connectivity index (χ1) is 13.1. The first-order valence-electron chi connectivity index (χ1n) is 8.52. The maximum Gasteiger partial charge on any atom is 0.265 e. The average molecular weight is 356 g/mol. The summed E-state index contributed by atoms with van der Waals surface area (Å²) in [6, 6.07) is 14.9. The summed E-state index contributed by atoms with van der Waals surface area (Å²) in [6.07, 6.45) is 0. The van der Waals surface area contributed by atoms with E-state index in [9.17, 15) is 9.59 Å². The first kappa shape index (κ1) is 14.4. The molecule has 0 fully saturated rings. The van der Waals surface area contributed by atoms with Crippen LogP contribution < -0.4 is 11.1 Å². The number of H-pyrrole nitrogens is 1. The number of benzene rings is 3. The van der Waals surface area contributed by atoms with Gasteiger partial charge in [-0.25, -0.2) is 0 Å². The summed E-state index contributed by atoms with van der Waals surface area (Å²) in [4.78, 5) is 29.1. The molecule has 1 N–H and O–H groups in total. The lowest BCUT2D eigenvalue weighted by molar-refractivity contribution is 0.586.